The summed E-state index contributed by atoms with van der Waals surface area (Å²) >= 11 is 1.38. The lowest BCUT2D eigenvalue weighted by Crippen LogP contribution is -2.42. The molecule has 28 heavy (non-hydrogen) atoms. The van der Waals surface area contributed by atoms with Crippen molar-refractivity contribution in [1.29, 1.82) is 0 Å². The molecular formula is C21H26N4O2S. The van der Waals surface area contributed by atoms with Gasteiger partial charge in [0, 0.05) is 24.2 Å². The third kappa shape index (κ3) is 4.42. The van der Waals surface area contributed by atoms with Gasteiger partial charge in [-0.15, -0.1) is 11.3 Å². The average Bonchev–Trinajstić information content (AvgIpc) is 3.23. The van der Waals surface area contributed by atoms with Crippen molar-refractivity contribution in [3.05, 3.63) is 47.1 Å². The number of benzene rings is 1. The molecule has 0 atom stereocenters. The lowest BCUT2D eigenvalue weighted by atomic mass is 10.00. The van der Waals surface area contributed by atoms with Crippen LogP contribution in [0.15, 0.2) is 36.0 Å². The zero-order valence-electron chi connectivity index (χ0n) is 17.1. The molecule has 0 saturated carbocycles. The molecule has 0 saturated heterocycles. The first-order chi connectivity index (χ1) is 13.2. The fourth-order valence-electron chi connectivity index (χ4n) is 2.79. The number of rotatable bonds is 6. The summed E-state index contributed by atoms with van der Waals surface area (Å²) in [5.41, 5.74) is 2.83. The molecule has 1 aromatic carbocycles. The SMILES string of the molecule is Cc1ccc(C(C)C)c(OC(C)(C)C(=O)Nc2nc(-c3cnn(C)c3)cs2)c1. The summed E-state index contributed by atoms with van der Waals surface area (Å²) in [7, 11) is 1.86. The minimum atomic E-state index is -1.04. The summed E-state index contributed by atoms with van der Waals surface area (Å²) in [6, 6.07) is 6.10. The number of hydrogen-bond donors (Lipinski definition) is 1. The van der Waals surface area contributed by atoms with Gasteiger partial charge in [0.15, 0.2) is 10.7 Å². The second-order valence-corrected chi connectivity index (χ2v) is 8.56. The van der Waals surface area contributed by atoms with E-state index in [4.69, 9.17) is 4.74 Å². The molecular weight excluding hydrogens is 372 g/mol. The Labute approximate surface area is 169 Å². The average molecular weight is 399 g/mol. The van der Waals surface area contributed by atoms with Crippen LogP contribution >= 0.6 is 11.3 Å². The molecule has 148 valence electrons. The van der Waals surface area contributed by atoms with Gasteiger partial charge < -0.3 is 4.74 Å². The van der Waals surface area contributed by atoms with Crippen molar-refractivity contribution in [2.75, 3.05) is 5.32 Å². The van der Waals surface area contributed by atoms with Gasteiger partial charge in [0.2, 0.25) is 0 Å². The van der Waals surface area contributed by atoms with Crippen LogP contribution in [0.3, 0.4) is 0 Å². The van der Waals surface area contributed by atoms with Crippen LogP contribution in [0.1, 0.15) is 44.7 Å². The van der Waals surface area contributed by atoms with Gasteiger partial charge in [-0.25, -0.2) is 4.98 Å². The van der Waals surface area contributed by atoms with Gasteiger partial charge in [-0.2, -0.15) is 5.10 Å². The van der Waals surface area contributed by atoms with Crippen molar-refractivity contribution >= 4 is 22.4 Å². The van der Waals surface area contributed by atoms with E-state index in [2.05, 4.69) is 41.4 Å². The Morgan fingerprint density at radius 3 is 2.71 bits per heavy atom. The number of nitrogens with one attached hydrogen (secondary N) is 1. The lowest BCUT2D eigenvalue weighted by Gasteiger charge is -2.27. The van der Waals surface area contributed by atoms with Crippen LogP contribution in [-0.4, -0.2) is 26.3 Å². The molecule has 0 aliphatic heterocycles. The van der Waals surface area contributed by atoms with Crippen molar-refractivity contribution in [2.45, 2.75) is 46.1 Å². The highest BCUT2D eigenvalue weighted by molar-refractivity contribution is 7.14. The molecule has 1 N–H and O–H groups in total. The highest BCUT2D eigenvalue weighted by Gasteiger charge is 2.32. The number of ether oxygens (including phenoxy) is 1. The number of thiazole rings is 1. The van der Waals surface area contributed by atoms with E-state index in [1.165, 1.54) is 11.3 Å². The van der Waals surface area contributed by atoms with Crippen LogP contribution < -0.4 is 10.1 Å². The fraction of sp³-hybridized carbons (Fsp3) is 0.381. The first-order valence-electron chi connectivity index (χ1n) is 9.21. The zero-order chi connectivity index (χ0) is 20.5. The van der Waals surface area contributed by atoms with Gasteiger partial charge in [0.1, 0.15) is 5.75 Å². The molecule has 7 heteroatoms. The number of nitrogens with zero attached hydrogens (tertiary/aromatic N) is 3. The highest BCUT2D eigenvalue weighted by atomic mass is 32.1. The van der Waals surface area contributed by atoms with E-state index in [1.54, 1.807) is 24.7 Å². The number of carbonyl (C=O) groups is 1. The first kappa shape index (κ1) is 20.1. The van der Waals surface area contributed by atoms with Crippen molar-refractivity contribution < 1.29 is 9.53 Å². The Hall–Kier alpha value is -2.67. The molecule has 3 aromatic rings. The van der Waals surface area contributed by atoms with Crippen LogP contribution in [0.2, 0.25) is 0 Å². The van der Waals surface area contributed by atoms with Crippen LogP contribution in [0.5, 0.6) is 5.75 Å². The van der Waals surface area contributed by atoms with Crippen molar-refractivity contribution in [3.63, 3.8) is 0 Å². The minimum Gasteiger partial charge on any atom is -0.478 e. The van der Waals surface area contributed by atoms with E-state index >= 15 is 0 Å². The normalized spacial score (nSPS) is 11.7. The number of carbonyl (C=O) groups excluding carboxylic acids is 1. The molecule has 0 radical (unpaired) electrons. The van der Waals surface area contributed by atoms with E-state index in [0.717, 1.165) is 28.1 Å². The maximum Gasteiger partial charge on any atom is 0.269 e. The Bertz CT molecular complexity index is 988. The van der Waals surface area contributed by atoms with Crippen molar-refractivity contribution in [2.24, 2.45) is 7.05 Å². The van der Waals surface area contributed by atoms with Gasteiger partial charge in [0.25, 0.3) is 5.91 Å². The zero-order valence-corrected chi connectivity index (χ0v) is 17.9. The molecule has 0 bridgehead atoms. The van der Waals surface area contributed by atoms with Gasteiger partial charge >= 0.3 is 0 Å². The highest BCUT2D eigenvalue weighted by Crippen LogP contribution is 2.31. The van der Waals surface area contributed by atoms with E-state index in [-0.39, 0.29) is 5.91 Å². The Balaban J connectivity index is 1.75. The van der Waals surface area contributed by atoms with Gasteiger partial charge in [-0.3, -0.25) is 14.8 Å². The topological polar surface area (TPSA) is 69.0 Å². The first-order valence-corrected chi connectivity index (χ1v) is 10.1. The third-order valence-corrected chi connectivity index (χ3v) is 5.19. The molecule has 1 amide bonds. The number of hydrogen-bond acceptors (Lipinski definition) is 5. The van der Waals surface area contributed by atoms with Gasteiger partial charge in [-0.05, 0) is 43.9 Å². The standard InChI is InChI=1S/C21H26N4O2S/c1-13(2)16-8-7-14(3)9-18(16)27-21(4,5)19(26)24-20-23-17(12-28-20)15-10-22-25(6)11-15/h7-13H,1-6H3,(H,23,24,26). The molecule has 6 nitrogen and oxygen atoms in total. The number of amides is 1. The minimum absolute atomic E-state index is 0.240. The van der Waals surface area contributed by atoms with Crippen molar-refractivity contribution in [1.82, 2.24) is 14.8 Å². The molecule has 2 aromatic heterocycles. The number of anilines is 1. The van der Waals surface area contributed by atoms with Gasteiger partial charge in [0.05, 0.1) is 11.9 Å². The third-order valence-electron chi connectivity index (χ3n) is 4.43. The molecule has 2 heterocycles. The predicted octanol–water partition coefficient (Wildman–Crippen LogP) is 4.77. The van der Waals surface area contributed by atoms with Crippen LogP contribution in [0.4, 0.5) is 5.13 Å². The molecule has 3 rings (SSSR count). The number of aromatic nitrogens is 3. The van der Waals surface area contributed by atoms with Gasteiger partial charge in [-0.1, -0.05) is 26.0 Å². The quantitative estimate of drug-likeness (QED) is 0.649. The Kier molecular flexibility index (Phi) is 5.56. The Morgan fingerprint density at radius 2 is 2.07 bits per heavy atom. The summed E-state index contributed by atoms with van der Waals surface area (Å²) < 4.78 is 7.88. The smallest absolute Gasteiger partial charge is 0.269 e. The maximum atomic E-state index is 12.9. The summed E-state index contributed by atoms with van der Waals surface area (Å²) in [4.78, 5) is 17.4. The van der Waals surface area contributed by atoms with Crippen LogP contribution in [0.25, 0.3) is 11.3 Å². The predicted molar refractivity (Wildman–Crippen MR) is 113 cm³/mol. The molecule has 0 spiro atoms. The molecule has 0 aliphatic carbocycles. The molecule has 0 unspecified atom stereocenters. The number of aryl methyl sites for hydroxylation is 2. The van der Waals surface area contributed by atoms with Crippen LogP contribution in [-0.2, 0) is 11.8 Å². The van der Waals surface area contributed by atoms with E-state index in [1.807, 2.05) is 31.6 Å². The second kappa shape index (κ2) is 7.75. The fourth-order valence-corrected chi connectivity index (χ4v) is 3.51. The summed E-state index contributed by atoms with van der Waals surface area (Å²) in [6.07, 6.45) is 3.64. The Morgan fingerprint density at radius 1 is 1.32 bits per heavy atom. The summed E-state index contributed by atoms with van der Waals surface area (Å²) in [5.74, 6) is 0.802. The van der Waals surface area contributed by atoms with E-state index in [9.17, 15) is 4.79 Å². The second-order valence-electron chi connectivity index (χ2n) is 7.70. The van der Waals surface area contributed by atoms with Crippen molar-refractivity contribution in [3.8, 4) is 17.0 Å². The maximum absolute atomic E-state index is 12.9. The summed E-state index contributed by atoms with van der Waals surface area (Å²) in [6.45, 7) is 9.77. The van der Waals surface area contributed by atoms with E-state index in [0.29, 0.717) is 11.0 Å². The monoisotopic (exact) mass is 398 g/mol. The summed E-state index contributed by atoms with van der Waals surface area (Å²) in [5, 5.41) is 9.47. The molecule has 0 fully saturated rings. The molecule has 0 aliphatic rings. The van der Waals surface area contributed by atoms with Crippen LogP contribution in [0, 0.1) is 6.92 Å². The largest absolute Gasteiger partial charge is 0.478 e. The lowest BCUT2D eigenvalue weighted by molar-refractivity contribution is -0.128. The van der Waals surface area contributed by atoms with E-state index < -0.39 is 5.60 Å².